The van der Waals surface area contributed by atoms with E-state index in [1.807, 2.05) is 0 Å². The van der Waals surface area contributed by atoms with E-state index < -0.39 is 6.04 Å². The summed E-state index contributed by atoms with van der Waals surface area (Å²) in [7, 11) is 4.60. The van der Waals surface area contributed by atoms with Crippen molar-refractivity contribution in [3.63, 3.8) is 0 Å². The van der Waals surface area contributed by atoms with E-state index in [0.717, 1.165) is 0 Å². The lowest BCUT2D eigenvalue weighted by molar-refractivity contribution is -0.113. The lowest BCUT2D eigenvalue weighted by Crippen LogP contribution is -2.32. The Hall–Kier alpha value is -4.08. The molecule has 1 atom stereocenters. The summed E-state index contributed by atoms with van der Waals surface area (Å²) in [6.45, 7) is 3.51. The molecule has 33 heavy (non-hydrogen) atoms. The zero-order valence-corrected chi connectivity index (χ0v) is 18.9. The monoisotopic (exact) mass is 453 g/mol. The topological polar surface area (TPSA) is 99.5 Å². The first-order valence-corrected chi connectivity index (χ1v) is 10.1. The molecule has 4 rings (SSSR count). The highest BCUT2D eigenvalue weighted by Gasteiger charge is 2.36. The molecule has 1 amide bonds. The van der Waals surface area contributed by atoms with Crippen LogP contribution in [0.25, 0.3) is 0 Å². The average molecular weight is 453 g/mol. The molecule has 2 N–H and O–H groups in total. The summed E-state index contributed by atoms with van der Waals surface area (Å²) in [6.07, 6.45) is 1.40. The molecule has 3 aromatic rings. The van der Waals surface area contributed by atoms with Gasteiger partial charge in [0, 0.05) is 23.0 Å². The zero-order valence-electron chi connectivity index (χ0n) is 18.9. The number of rotatable bonds is 6. The van der Waals surface area contributed by atoms with Crippen LogP contribution in [0.1, 0.15) is 24.1 Å². The van der Waals surface area contributed by atoms with Crippen molar-refractivity contribution in [3.05, 3.63) is 64.9 Å². The van der Waals surface area contributed by atoms with Gasteiger partial charge in [0.05, 0.1) is 26.9 Å². The number of carbonyl (C=O) groups excluding carboxylic acids is 1. The van der Waals surface area contributed by atoms with Gasteiger partial charge in [-0.05, 0) is 43.7 Å². The Bertz CT molecular complexity index is 1250. The standard InChI is InChI=1S/C23H24FN5O4/c1-12-8-14(24)6-7-16(12)28-22(30)20-13(2)27-23-25-11-26-29(23)21(20)15-9-18(32-4)19(33-5)10-17(15)31-3/h6-11,21H,1-5H3,(H,28,30)(H,25,26,27)/t21-/m1/s1. The maximum Gasteiger partial charge on any atom is 0.255 e. The number of hydrogen-bond donors (Lipinski definition) is 2. The number of amides is 1. The predicted molar refractivity (Wildman–Crippen MR) is 120 cm³/mol. The molecule has 0 bridgehead atoms. The SMILES string of the molecule is COc1cc(OC)c([C@@H]2C(C(=O)Nc3ccc(F)cc3C)=C(C)Nc3ncnn32)cc1OC. The highest BCUT2D eigenvalue weighted by Crippen LogP contribution is 2.43. The number of ether oxygens (including phenoxy) is 3. The lowest BCUT2D eigenvalue weighted by Gasteiger charge is -2.30. The molecular weight excluding hydrogens is 429 g/mol. The molecule has 2 aromatic carbocycles. The number of methoxy groups -OCH3 is 3. The second-order valence-electron chi connectivity index (χ2n) is 7.46. The molecule has 10 heteroatoms. The Balaban J connectivity index is 1.85. The van der Waals surface area contributed by atoms with Crippen molar-refractivity contribution in [2.75, 3.05) is 32.0 Å². The number of aryl methyl sites for hydroxylation is 1. The molecule has 9 nitrogen and oxygen atoms in total. The summed E-state index contributed by atoms with van der Waals surface area (Å²) in [6, 6.07) is 6.96. The second-order valence-corrected chi connectivity index (χ2v) is 7.46. The first-order chi connectivity index (χ1) is 15.9. The number of fused-ring (bicyclic) bond motifs is 1. The molecular formula is C23H24FN5O4. The molecule has 1 aliphatic rings. The van der Waals surface area contributed by atoms with Crippen LogP contribution in [0.2, 0.25) is 0 Å². The number of carbonyl (C=O) groups is 1. The summed E-state index contributed by atoms with van der Waals surface area (Å²) in [5, 5.41) is 10.4. The summed E-state index contributed by atoms with van der Waals surface area (Å²) >= 11 is 0. The van der Waals surface area contributed by atoms with Crippen LogP contribution in [0.15, 0.2) is 47.9 Å². The molecule has 0 radical (unpaired) electrons. The van der Waals surface area contributed by atoms with E-state index >= 15 is 0 Å². The normalized spacial score (nSPS) is 14.9. The van der Waals surface area contributed by atoms with Gasteiger partial charge in [0.15, 0.2) is 11.5 Å². The second kappa shape index (κ2) is 8.81. The van der Waals surface area contributed by atoms with Crippen LogP contribution < -0.4 is 24.8 Å². The Morgan fingerprint density at radius 1 is 1.06 bits per heavy atom. The third kappa shape index (κ3) is 3.95. The third-order valence-electron chi connectivity index (χ3n) is 5.51. The lowest BCUT2D eigenvalue weighted by atomic mass is 9.93. The molecule has 0 aliphatic carbocycles. The van der Waals surface area contributed by atoms with Gasteiger partial charge in [0.1, 0.15) is 23.9 Å². The Kier molecular flexibility index (Phi) is 5.91. The van der Waals surface area contributed by atoms with Crippen molar-refractivity contribution in [2.45, 2.75) is 19.9 Å². The highest BCUT2D eigenvalue weighted by molar-refractivity contribution is 6.06. The molecule has 2 heterocycles. The van der Waals surface area contributed by atoms with E-state index in [0.29, 0.717) is 51.3 Å². The van der Waals surface area contributed by atoms with E-state index in [-0.39, 0.29) is 11.7 Å². The van der Waals surface area contributed by atoms with Gasteiger partial charge in [-0.25, -0.2) is 9.07 Å². The molecule has 1 aromatic heterocycles. The van der Waals surface area contributed by atoms with Crippen LogP contribution in [-0.2, 0) is 4.79 Å². The molecule has 0 saturated heterocycles. The summed E-state index contributed by atoms with van der Waals surface area (Å²) in [5.74, 6) is 1.17. The Labute approximate surface area is 190 Å². The van der Waals surface area contributed by atoms with Gasteiger partial charge in [-0.1, -0.05) is 0 Å². The van der Waals surface area contributed by atoms with Crippen LogP contribution in [-0.4, -0.2) is 42.0 Å². The minimum atomic E-state index is -0.681. The van der Waals surface area contributed by atoms with Gasteiger partial charge >= 0.3 is 0 Å². The Morgan fingerprint density at radius 2 is 1.76 bits per heavy atom. The number of benzene rings is 2. The van der Waals surface area contributed by atoms with Gasteiger partial charge in [0.2, 0.25) is 5.95 Å². The first kappa shape index (κ1) is 22.1. The number of hydrogen-bond acceptors (Lipinski definition) is 7. The molecule has 0 saturated carbocycles. The van der Waals surface area contributed by atoms with E-state index in [2.05, 4.69) is 20.7 Å². The summed E-state index contributed by atoms with van der Waals surface area (Å²) in [5.41, 5.74) is 2.72. The van der Waals surface area contributed by atoms with Gasteiger partial charge < -0.3 is 24.8 Å². The molecule has 0 spiro atoms. The van der Waals surface area contributed by atoms with E-state index in [1.165, 1.54) is 45.9 Å². The number of halogens is 1. The van der Waals surface area contributed by atoms with Gasteiger partial charge in [0.25, 0.3) is 5.91 Å². The summed E-state index contributed by atoms with van der Waals surface area (Å²) < 4.78 is 31.7. The molecule has 1 aliphatic heterocycles. The van der Waals surface area contributed by atoms with Crippen LogP contribution >= 0.6 is 0 Å². The number of anilines is 2. The van der Waals surface area contributed by atoms with Gasteiger partial charge in [-0.15, -0.1) is 0 Å². The van der Waals surface area contributed by atoms with Crippen molar-refractivity contribution in [1.82, 2.24) is 14.8 Å². The molecule has 172 valence electrons. The predicted octanol–water partition coefficient (Wildman–Crippen LogP) is 3.68. The number of nitrogens with one attached hydrogen (secondary N) is 2. The number of nitrogens with zero attached hydrogens (tertiary/aromatic N) is 3. The smallest absolute Gasteiger partial charge is 0.255 e. The average Bonchev–Trinajstić information content (AvgIpc) is 3.27. The van der Waals surface area contributed by atoms with E-state index in [4.69, 9.17) is 14.2 Å². The van der Waals surface area contributed by atoms with Gasteiger partial charge in [-0.2, -0.15) is 10.1 Å². The number of aromatic nitrogens is 3. The largest absolute Gasteiger partial charge is 0.496 e. The molecule has 0 unspecified atom stereocenters. The maximum atomic E-state index is 13.5. The maximum absolute atomic E-state index is 13.5. The fourth-order valence-electron chi connectivity index (χ4n) is 3.90. The fourth-order valence-corrected chi connectivity index (χ4v) is 3.90. The molecule has 0 fully saturated rings. The van der Waals surface area contributed by atoms with Crippen molar-refractivity contribution in [1.29, 1.82) is 0 Å². The Morgan fingerprint density at radius 3 is 2.42 bits per heavy atom. The van der Waals surface area contributed by atoms with Crippen LogP contribution in [0.5, 0.6) is 17.2 Å². The minimum absolute atomic E-state index is 0.375. The fraction of sp³-hybridized carbons (Fsp3) is 0.261. The first-order valence-electron chi connectivity index (χ1n) is 10.1. The van der Waals surface area contributed by atoms with Crippen LogP contribution in [0.4, 0.5) is 16.0 Å². The van der Waals surface area contributed by atoms with E-state index in [1.54, 1.807) is 30.7 Å². The highest BCUT2D eigenvalue weighted by atomic mass is 19.1. The van der Waals surface area contributed by atoms with Crippen LogP contribution in [0.3, 0.4) is 0 Å². The quantitative estimate of drug-likeness (QED) is 0.587. The zero-order chi connectivity index (χ0) is 23.7. The number of allylic oxidation sites excluding steroid dienone is 1. The van der Waals surface area contributed by atoms with Crippen molar-refractivity contribution >= 4 is 17.5 Å². The van der Waals surface area contributed by atoms with E-state index in [9.17, 15) is 9.18 Å². The van der Waals surface area contributed by atoms with Gasteiger partial charge in [-0.3, -0.25) is 4.79 Å². The van der Waals surface area contributed by atoms with Crippen molar-refractivity contribution in [3.8, 4) is 17.2 Å². The van der Waals surface area contributed by atoms with Crippen LogP contribution in [0, 0.1) is 12.7 Å². The summed E-state index contributed by atoms with van der Waals surface area (Å²) in [4.78, 5) is 17.8. The van der Waals surface area contributed by atoms with Crippen molar-refractivity contribution < 1.29 is 23.4 Å². The third-order valence-corrected chi connectivity index (χ3v) is 5.51. The van der Waals surface area contributed by atoms with Crippen molar-refractivity contribution in [2.24, 2.45) is 0 Å². The minimum Gasteiger partial charge on any atom is -0.496 e.